The van der Waals surface area contributed by atoms with E-state index in [0.717, 1.165) is 13.1 Å². The number of sulfonamides is 1. The summed E-state index contributed by atoms with van der Waals surface area (Å²) < 4.78 is 63.6. The van der Waals surface area contributed by atoms with E-state index in [9.17, 15) is 26.4 Å². The summed E-state index contributed by atoms with van der Waals surface area (Å²) in [5.41, 5.74) is -0.0394. The second-order valence-electron chi connectivity index (χ2n) is 6.02. The van der Waals surface area contributed by atoms with Crippen LogP contribution in [0.25, 0.3) is 0 Å². The summed E-state index contributed by atoms with van der Waals surface area (Å²) in [6.07, 6.45) is -3.10. The topological polar surface area (TPSA) is 78.5 Å². The lowest BCUT2D eigenvalue weighted by molar-refractivity contribution is -0.123. The molecule has 0 saturated carbocycles. The monoisotopic (exact) mass is 379 g/mol. The van der Waals surface area contributed by atoms with Crippen molar-refractivity contribution in [2.45, 2.75) is 30.0 Å². The molecular formula is C15H20F3N3O3S. The summed E-state index contributed by atoms with van der Waals surface area (Å²) in [7, 11) is -1.77. The molecule has 1 aromatic rings. The van der Waals surface area contributed by atoms with E-state index in [4.69, 9.17) is 0 Å². The number of nitrogens with one attached hydrogen (secondary N) is 2. The van der Waals surface area contributed by atoms with Gasteiger partial charge in [0, 0.05) is 11.6 Å². The maximum atomic E-state index is 12.3. The van der Waals surface area contributed by atoms with Crippen LogP contribution < -0.4 is 10.0 Å². The molecule has 2 N–H and O–H groups in total. The van der Waals surface area contributed by atoms with Gasteiger partial charge in [0.25, 0.3) is 5.91 Å². The Bertz CT molecular complexity index is 697. The number of benzene rings is 1. The van der Waals surface area contributed by atoms with Gasteiger partial charge in [0.1, 0.15) is 6.54 Å². The minimum atomic E-state index is -4.50. The third-order valence-corrected chi connectivity index (χ3v) is 5.45. The molecule has 1 fully saturated rings. The molecule has 0 radical (unpaired) electrons. The van der Waals surface area contributed by atoms with E-state index in [1.54, 1.807) is 5.32 Å². The average molecular weight is 379 g/mol. The summed E-state index contributed by atoms with van der Waals surface area (Å²) in [5, 5.41) is 1.73. The molecule has 0 atom stereocenters. The SMILES string of the molecule is CN1CCC(NS(=O)(=O)c2ccc(C(=O)NCC(F)(F)F)cc2)CC1. The fourth-order valence-corrected chi connectivity index (χ4v) is 3.79. The molecule has 6 nitrogen and oxygen atoms in total. The quantitative estimate of drug-likeness (QED) is 0.810. The first-order chi connectivity index (χ1) is 11.6. The number of carbonyl (C=O) groups excluding carboxylic acids is 1. The number of nitrogens with zero attached hydrogens (tertiary/aromatic N) is 1. The fourth-order valence-electron chi connectivity index (χ4n) is 2.48. The van der Waals surface area contributed by atoms with Crippen LogP contribution in [-0.4, -0.2) is 58.1 Å². The molecule has 0 unspecified atom stereocenters. The molecule has 25 heavy (non-hydrogen) atoms. The van der Waals surface area contributed by atoms with E-state index >= 15 is 0 Å². The van der Waals surface area contributed by atoms with Crippen LogP contribution in [0, 0.1) is 0 Å². The molecule has 1 heterocycles. The Labute approximate surface area is 144 Å². The highest BCUT2D eigenvalue weighted by atomic mass is 32.2. The molecule has 0 aliphatic carbocycles. The Morgan fingerprint density at radius 1 is 1.20 bits per heavy atom. The van der Waals surface area contributed by atoms with Crippen LogP contribution in [0.5, 0.6) is 0 Å². The lowest BCUT2D eigenvalue weighted by Gasteiger charge is -2.29. The van der Waals surface area contributed by atoms with E-state index in [1.165, 1.54) is 24.3 Å². The van der Waals surface area contributed by atoms with Crippen molar-refractivity contribution >= 4 is 15.9 Å². The lowest BCUT2D eigenvalue weighted by atomic mass is 10.1. The van der Waals surface area contributed by atoms with E-state index in [1.807, 2.05) is 7.05 Å². The van der Waals surface area contributed by atoms with Crippen molar-refractivity contribution in [1.82, 2.24) is 14.9 Å². The molecule has 0 spiro atoms. The first-order valence-electron chi connectivity index (χ1n) is 7.73. The number of piperidine rings is 1. The van der Waals surface area contributed by atoms with Crippen LogP contribution >= 0.6 is 0 Å². The number of amides is 1. The molecule has 1 aliphatic heterocycles. The number of alkyl halides is 3. The zero-order valence-corrected chi connectivity index (χ0v) is 14.5. The highest BCUT2D eigenvalue weighted by Crippen LogP contribution is 2.16. The summed E-state index contributed by atoms with van der Waals surface area (Å²) in [5.74, 6) is -0.912. The first-order valence-corrected chi connectivity index (χ1v) is 9.21. The van der Waals surface area contributed by atoms with Crippen molar-refractivity contribution in [2.75, 3.05) is 26.7 Å². The van der Waals surface area contributed by atoms with Gasteiger partial charge in [-0.1, -0.05) is 0 Å². The van der Waals surface area contributed by atoms with Crippen LogP contribution in [0.15, 0.2) is 29.2 Å². The van der Waals surface area contributed by atoms with Gasteiger partial charge in [-0.2, -0.15) is 13.2 Å². The molecule has 0 aromatic heterocycles. The molecular weight excluding hydrogens is 359 g/mol. The molecule has 2 rings (SSSR count). The fraction of sp³-hybridized carbons (Fsp3) is 0.533. The van der Waals surface area contributed by atoms with Crippen molar-refractivity contribution in [2.24, 2.45) is 0 Å². The minimum Gasteiger partial charge on any atom is -0.343 e. The lowest BCUT2D eigenvalue weighted by Crippen LogP contribution is -2.43. The third-order valence-electron chi connectivity index (χ3n) is 3.92. The van der Waals surface area contributed by atoms with Crippen LogP contribution in [0.2, 0.25) is 0 Å². The number of carbonyl (C=O) groups is 1. The number of halogens is 3. The smallest absolute Gasteiger partial charge is 0.343 e. The Morgan fingerprint density at radius 2 is 1.76 bits per heavy atom. The Kier molecular flexibility index (Phi) is 6.07. The van der Waals surface area contributed by atoms with Gasteiger partial charge >= 0.3 is 6.18 Å². The van der Waals surface area contributed by atoms with E-state index < -0.39 is 28.7 Å². The second kappa shape index (κ2) is 7.71. The minimum absolute atomic E-state index is 0.0289. The van der Waals surface area contributed by atoms with Crippen molar-refractivity contribution in [3.63, 3.8) is 0 Å². The normalized spacial score (nSPS) is 17.4. The number of hydrogen-bond donors (Lipinski definition) is 2. The molecule has 1 aliphatic rings. The Morgan fingerprint density at radius 3 is 2.28 bits per heavy atom. The predicted molar refractivity (Wildman–Crippen MR) is 85.7 cm³/mol. The van der Waals surface area contributed by atoms with Crippen LogP contribution in [-0.2, 0) is 10.0 Å². The predicted octanol–water partition coefficient (Wildman–Crippen LogP) is 1.35. The first kappa shape index (κ1) is 19.7. The van der Waals surface area contributed by atoms with Crippen LogP contribution in [0.1, 0.15) is 23.2 Å². The maximum absolute atomic E-state index is 12.3. The molecule has 1 aromatic carbocycles. The molecule has 10 heteroatoms. The van der Waals surface area contributed by atoms with Crippen molar-refractivity contribution in [1.29, 1.82) is 0 Å². The maximum Gasteiger partial charge on any atom is 0.405 e. The Balaban J connectivity index is 1.99. The molecule has 1 saturated heterocycles. The summed E-state index contributed by atoms with van der Waals surface area (Å²) in [6.45, 7) is 0.153. The van der Waals surface area contributed by atoms with Gasteiger partial charge in [0.15, 0.2) is 0 Å². The van der Waals surface area contributed by atoms with Crippen LogP contribution in [0.3, 0.4) is 0 Å². The summed E-state index contributed by atoms with van der Waals surface area (Å²) in [4.78, 5) is 13.7. The molecule has 0 bridgehead atoms. The largest absolute Gasteiger partial charge is 0.405 e. The second-order valence-corrected chi connectivity index (χ2v) is 7.74. The van der Waals surface area contributed by atoms with Gasteiger partial charge in [-0.25, -0.2) is 13.1 Å². The van der Waals surface area contributed by atoms with Crippen LogP contribution in [0.4, 0.5) is 13.2 Å². The highest BCUT2D eigenvalue weighted by Gasteiger charge is 2.28. The van der Waals surface area contributed by atoms with Crippen molar-refractivity contribution < 1.29 is 26.4 Å². The summed E-state index contributed by atoms with van der Waals surface area (Å²) >= 11 is 0. The van der Waals surface area contributed by atoms with E-state index in [2.05, 4.69) is 9.62 Å². The van der Waals surface area contributed by atoms with Gasteiger partial charge in [-0.05, 0) is 57.2 Å². The zero-order valence-electron chi connectivity index (χ0n) is 13.6. The van der Waals surface area contributed by atoms with Crippen molar-refractivity contribution in [3.8, 4) is 0 Å². The number of rotatable bonds is 5. The van der Waals surface area contributed by atoms with Gasteiger partial charge in [0.2, 0.25) is 10.0 Å². The zero-order chi connectivity index (χ0) is 18.7. The third kappa shape index (κ3) is 5.98. The molecule has 1 amide bonds. The van der Waals surface area contributed by atoms with Gasteiger partial charge in [-0.15, -0.1) is 0 Å². The summed E-state index contributed by atoms with van der Waals surface area (Å²) in [6, 6.07) is 4.64. The van der Waals surface area contributed by atoms with Gasteiger partial charge < -0.3 is 10.2 Å². The average Bonchev–Trinajstić information content (AvgIpc) is 2.54. The molecule has 140 valence electrons. The number of hydrogen-bond acceptors (Lipinski definition) is 4. The number of likely N-dealkylation sites (tertiary alicyclic amines) is 1. The van der Waals surface area contributed by atoms with E-state index in [-0.39, 0.29) is 16.5 Å². The standard InChI is InChI=1S/C15H20F3N3O3S/c1-21-8-6-12(7-9-21)20-25(23,24)13-4-2-11(3-5-13)14(22)19-10-15(16,17)18/h2-5,12,20H,6-10H2,1H3,(H,19,22). The van der Waals surface area contributed by atoms with Crippen molar-refractivity contribution in [3.05, 3.63) is 29.8 Å². The van der Waals surface area contributed by atoms with Gasteiger partial charge in [-0.3, -0.25) is 4.79 Å². The Hall–Kier alpha value is -1.65. The van der Waals surface area contributed by atoms with Gasteiger partial charge in [0.05, 0.1) is 4.90 Å². The van der Waals surface area contributed by atoms with E-state index in [0.29, 0.717) is 12.8 Å². The highest BCUT2D eigenvalue weighted by molar-refractivity contribution is 7.89.